The molecule has 5 rings (SSSR count). The van der Waals surface area contributed by atoms with Crippen molar-refractivity contribution in [3.8, 4) is 11.4 Å². The highest BCUT2D eigenvalue weighted by molar-refractivity contribution is 6.34. The second-order valence-electron chi connectivity index (χ2n) is 10.6. The highest BCUT2D eigenvalue weighted by Gasteiger charge is 2.21. The average molecular weight is 526 g/mol. The van der Waals surface area contributed by atoms with Crippen LogP contribution in [0.25, 0.3) is 22.6 Å². The van der Waals surface area contributed by atoms with Crippen molar-refractivity contribution in [1.82, 2.24) is 24.8 Å². The van der Waals surface area contributed by atoms with Gasteiger partial charge in [-0.15, -0.1) is 0 Å². The molecule has 8 nitrogen and oxygen atoms in total. The van der Waals surface area contributed by atoms with E-state index in [1.54, 1.807) is 6.20 Å². The number of aromatic amines is 1. The van der Waals surface area contributed by atoms with Crippen LogP contribution in [-0.2, 0) is 4.74 Å². The van der Waals surface area contributed by atoms with Gasteiger partial charge in [-0.25, -0.2) is 9.97 Å². The lowest BCUT2D eigenvalue weighted by Gasteiger charge is -2.30. The summed E-state index contributed by atoms with van der Waals surface area (Å²) in [6.45, 7) is 12.5. The second-order valence-corrected chi connectivity index (χ2v) is 11.0. The molecule has 0 radical (unpaired) electrons. The van der Waals surface area contributed by atoms with Crippen molar-refractivity contribution in [1.29, 1.82) is 0 Å². The number of nitrogens with one attached hydrogen (secondary N) is 2. The zero-order valence-electron chi connectivity index (χ0n) is 22.3. The maximum absolute atomic E-state index is 6.57. The van der Waals surface area contributed by atoms with Crippen LogP contribution in [-0.4, -0.2) is 96.4 Å². The first-order valence-corrected chi connectivity index (χ1v) is 14.0. The summed E-state index contributed by atoms with van der Waals surface area (Å²) in [6, 6.07) is 9.11. The van der Waals surface area contributed by atoms with E-state index in [1.807, 2.05) is 0 Å². The van der Waals surface area contributed by atoms with Crippen LogP contribution >= 0.6 is 11.6 Å². The first-order valence-electron chi connectivity index (χ1n) is 13.6. The molecule has 1 aromatic carbocycles. The zero-order chi connectivity index (χ0) is 25.8. The molecule has 0 bridgehead atoms. The Bertz CT molecular complexity index is 1160. The van der Waals surface area contributed by atoms with Crippen molar-refractivity contribution in [3.63, 3.8) is 0 Å². The molecule has 2 aliphatic heterocycles. The Morgan fingerprint density at radius 3 is 2.62 bits per heavy atom. The van der Waals surface area contributed by atoms with E-state index in [-0.39, 0.29) is 0 Å². The number of hydrogen-bond acceptors (Lipinski definition) is 7. The van der Waals surface area contributed by atoms with Gasteiger partial charge in [0.25, 0.3) is 0 Å². The van der Waals surface area contributed by atoms with Crippen LogP contribution in [0.1, 0.15) is 33.1 Å². The Kier molecular flexibility index (Phi) is 8.49. The van der Waals surface area contributed by atoms with Gasteiger partial charge in [0.15, 0.2) is 5.65 Å². The van der Waals surface area contributed by atoms with Gasteiger partial charge >= 0.3 is 0 Å². The van der Waals surface area contributed by atoms with Gasteiger partial charge in [0, 0.05) is 43.5 Å². The zero-order valence-corrected chi connectivity index (χ0v) is 23.1. The first-order chi connectivity index (χ1) is 18.0. The third kappa shape index (κ3) is 6.55. The smallest absolute Gasteiger partial charge is 0.159 e. The standard InChI is InChI=1S/C28H40ClN7O/c1-20(2)37-18-17-35-11-4-12-36(16-15-35)23-7-5-21(6-8-23)27-32-26-25(24(29)19-30-28(26)33-27)31-22-9-13-34(3)14-10-22/h5-8,19-20,22H,4,9-18H2,1-3H3,(H2,30,31,32,33). The van der Waals surface area contributed by atoms with Gasteiger partial charge in [0.1, 0.15) is 11.3 Å². The van der Waals surface area contributed by atoms with E-state index in [4.69, 9.17) is 21.3 Å². The summed E-state index contributed by atoms with van der Waals surface area (Å²) in [5.74, 6) is 0.815. The van der Waals surface area contributed by atoms with Crippen LogP contribution in [0.5, 0.6) is 0 Å². The summed E-state index contributed by atoms with van der Waals surface area (Å²) < 4.78 is 5.75. The highest BCUT2D eigenvalue weighted by Crippen LogP contribution is 2.32. The number of piperidine rings is 1. The summed E-state index contributed by atoms with van der Waals surface area (Å²) in [7, 11) is 2.17. The normalized spacial score (nSPS) is 18.6. The van der Waals surface area contributed by atoms with Crippen LogP contribution in [0.15, 0.2) is 30.5 Å². The number of fused-ring (bicyclic) bond motifs is 1. The molecule has 2 aliphatic rings. The van der Waals surface area contributed by atoms with E-state index >= 15 is 0 Å². The molecule has 0 atom stereocenters. The third-order valence-corrected chi connectivity index (χ3v) is 7.77. The summed E-state index contributed by atoms with van der Waals surface area (Å²) in [5.41, 5.74) is 4.75. The topological polar surface area (TPSA) is 72.6 Å². The van der Waals surface area contributed by atoms with E-state index < -0.39 is 0 Å². The molecule has 0 unspecified atom stereocenters. The van der Waals surface area contributed by atoms with Crippen molar-refractivity contribution < 1.29 is 4.74 Å². The van der Waals surface area contributed by atoms with Gasteiger partial charge in [0.05, 0.1) is 29.6 Å². The number of benzene rings is 1. The van der Waals surface area contributed by atoms with Crippen molar-refractivity contribution >= 4 is 34.1 Å². The number of imidazole rings is 1. The lowest BCUT2D eigenvalue weighted by Crippen LogP contribution is -2.36. The number of halogens is 1. The molecule has 2 fully saturated rings. The van der Waals surface area contributed by atoms with Crippen LogP contribution in [0.2, 0.25) is 5.02 Å². The molecule has 37 heavy (non-hydrogen) atoms. The van der Waals surface area contributed by atoms with Crippen LogP contribution in [0.4, 0.5) is 11.4 Å². The fourth-order valence-electron chi connectivity index (χ4n) is 5.26. The molecule has 2 aromatic heterocycles. The predicted octanol–water partition coefficient (Wildman–Crippen LogP) is 4.72. The molecule has 3 aromatic rings. The van der Waals surface area contributed by atoms with Gasteiger partial charge in [0.2, 0.25) is 0 Å². The number of likely N-dealkylation sites (tertiary alicyclic amines) is 1. The number of H-pyrrole nitrogens is 1. The number of aromatic nitrogens is 3. The predicted molar refractivity (Wildman–Crippen MR) is 153 cm³/mol. The molecule has 200 valence electrons. The monoisotopic (exact) mass is 525 g/mol. The van der Waals surface area contributed by atoms with E-state index in [9.17, 15) is 0 Å². The molecular weight excluding hydrogens is 486 g/mol. The summed E-state index contributed by atoms with van der Waals surface area (Å²) in [5, 5.41) is 4.27. The minimum Gasteiger partial charge on any atom is -0.379 e. The highest BCUT2D eigenvalue weighted by atomic mass is 35.5. The number of nitrogens with zero attached hydrogens (tertiary/aromatic N) is 5. The van der Waals surface area contributed by atoms with Crippen LogP contribution in [0, 0.1) is 0 Å². The van der Waals surface area contributed by atoms with Gasteiger partial charge in [-0.1, -0.05) is 11.6 Å². The third-order valence-electron chi connectivity index (χ3n) is 7.49. The van der Waals surface area contributed by atoms with Crippen molar-refractivity contribution in [3.05, 3.63) is 35.5 Å². The fraction of sp³-hybridized carbons (Fsp3) is 0.571. The van der Waals surface area contributed by atoms with E-state index in [1.165, 1.54) is 5.69 Å². The van der Waals surface area contributed by atoms with E-state index in [2.05, 4.69) is 75.1 Å². The summed E-state index contributed by atoms with van der Waals surface area (Å²) >= 11 is 6.57. The number of hydrogen-bond donors (Lipinski definition) is 2. The molecule has 0 aliphatic carbocycles. The molecular formula is C28H40ClN7O. The number of anilines is 2. The second kappa shape index (κ2) is 12.0. The fourth-order valence-corrected chi connectivity index (χ4v) is 5.45. The van der Waals surface area contributed by atoms with Crippen LogP contribution < -0.4 is 10.2 Å². The van der Waals surface area contributed by atoms with Gasteiger partial charge in [-0.2, -0.15) is 0 Å². The molecule has 4 heterocycles. The molecule has 0 amide bonds. The maximum Gasteiger partial charge on any atom is 0.159 e. The minimum absolute atomic E-state index is 0.295. The van der Waals surface area contributed by atoms with Crippen LogP contribution in [0.3, 0.4) is 0 Å². The maximum atomic E-state index is 6.57. The number of pyridine rings is 1. The molecule has 2 saturated heterocycles. The Morgan fingerprint density at radius 1 is 1.08 bits per heavy atom. The quantitative estimate of drug-likeness (QED) is 0.441. The summed E-state index contributed by atoms with van der Waals surface area (Å²) in [6.07, 6.45) is 5.35. The van der Waals surface area contributed by atoms with Crippen molar-refractivity contribution in [2.24, 2.45) is 0 Å². The largest absolute Gasteiger partial charge is 0.379 e. The Hall–Kier alpha value is -2.39. The number of ether oxygens (including phenoxy) is 1. The Balaban J connectivity index is 1.26. The lowest BCUT2D eigenvalue weighted by atomic mass is 10.1. The first kappa shape index (κ1) is 26.2. The van der Waals surface area contributed by atoms with Gasteiger partial charge in [-0.05, 0) is 84.1 Å². The Morgan fingerprint density at radius 2 is 1.86 bits per heavy atom. The molecule has 0 saturated carbocycles. The summed E-state index contributed by atoms with van der Waals surface area (Å²) in [4.78, 5) is 20.2. The van der Waals surface area contributed by atoms with Crippen molar-refractivity contribution in [2.45, 2.75) is 45.3 Å². The minimum atomic E-state index is 0.295. The van der Waals surface area contributed by atoms with Gasteiger partial charge in [-0.3, -0.25) is 4.90 Å². The Labute approximate surface area is 225 Å². The average Bonchev–Trinajstić information content (AvgIpc) is 3.19. The SMILES string of the molecule is CC(C)OCCN1CCCN(c2ccc(-c3nc4c(NC5CCN(C)CC5)c(Cl)cnc4[nH]3)cc2)CC1. The van der Waals surface area contributed by atoms with E-state index in [0.29, 0.717) is 17.2 Å². The van der Waals surface area contributed by atoms with Crippen molar-refractivity contribution in [2.75, 3.05) is 69.7 Å². The van der Waals surface area contributed by atoms with E-state index in [0.717, 1.165) is 99.9 Å². The molecule has 9 heteroatoms. The number of rotatable bonds is 8. The molecule has 2 N–H and O–H groups in total. The van der Waals surface area contributed by atoms with Gasteiger partial charge < -0.3 is 24.8 Å². The molecule has 0 spiro atoms. The lowest BCUT2D eigenvalue weighted by molar-refractivity contribution is 0.0604.